The van der Waals surface area contributed by atoms with Crippen LogP contribution in [0, 0.1) is 0 Å². The van der Waals surface area contributed by atoms with Crippen LogP contribution in [0.5, 0.6) is 11.5 Å². The third-order valence-corrected chi connectivity index (χ3v) is 3.68. The summed E-state index contributed by atoms with van der Waals surface area (Å²) in [5.74, 6) is 1.53. The van der Waals surface area contributed by atoms with E-state index in [1.165, 1.54) is 0 Å². The van der Waals surface area contributed by atoms with Crippen LogP contribution in [0.25, 0.3) is 0 Å². The van der Waals surface area contributed by atoms with Gasteiger partial charge in [-0.15, -0.1) is 0 Å². The van der Waals surface area contributed by atoms with Gasteiger partial charge in [0.15, 0.2) is 0 Å². The van der Waals surface area contributed by atoms with Gasteiger partial charge in [-0.25, -0.2) is 0 Å². The average Bonchev–Trinajstić information content (AvgIpc) is 2.39. The number of halogens is 2. The van der Waals surface area contributed by atoms with Gasteiger partial charge in [0.1, 0.15) is 18.1 Å². The van der Waals surface area contributed by atoms with Crippen LogP contribution in [-0.2, 0) is 0 Å². The molecule has 0 fully saturated rings. The average molecular weight is 393 g/mol. The molecule has 0 spiro atoms. The Balaban J connectivity index is 2.53. The Kier molecular flexibility index (Phi) is 7.49. The van der Waals surface area contributed by atoms with E-state index in [0.29, 0.717) is 6.61 Å². The molecule has 1 aromatic carbocycles. The first kappa shape index (κ1) is 16.5. The lowest BCUT2D eigenvalue weighted by Gasteiger charge is -2.12. The van der Waals surface area contributed by atoms with Crippen molar-refractivity contribution in [2.45, 2.75) is 13.3 Å². The fourth-order valence-electron chi connectivity index (χ4n) is 1.45. The highest BCUT2D eigenvalue weighted by molar-refractivity contribution is 9.11. The molecule has 0 atom stereocenters. The highest BCUT2D eigenvalue weighted by Crippen LogP contribution is 2.36. The summed E-state index contributed by atoms with van der Waals surface area (Å²) < 4.78 is 12.7. The molecular weight excluding hydrogens is 374 g/mol. The largest absolute Gasteiger partial charge is 0.496 e. The zero-order valence-corrected chi connectivity index (χ0v) is 14.4. The van der Waals surface area contributed by atoms with E-state index in [4.69, 9.17) is 9.47 Å². The number of methoxy groups -OCH3 is 1. The number of benzene rings is 1. The zero-order valence-electron chi connectivity index (χ0n) is 11.3. The molecule has 1 N–H and O–H groups in total. The van der Waals surface area contributed by atoms with Gasteiger partial charge in [-0.3, -0.25) is 0 Å². The second-order valence-corrected chi connectivity index (χ2v) is 5.84. The van der Waals surface area contributed by atoms with Crippen molar-refractivity contribution in [2.75, 3.05) is 26.8 Å². The summed E-state index contributed by atoms with van der Waals surface area (Å²) in [5.41, 5.74) is 1.02. The van der Waals surface area contributed by atoms with Gasteiger partial charge in [-0.1, -0.05) is 13.5 Å². The smallest absolute Gasteiger partial charge is 0.135 e. The minimum absolute atomic E-state index is 0.494. The summed E-state index contributed by atoms with van der Waals surface area (Å²) in [6.45, 7) is 8.40. The van der Waals surface area contributed by atoms with Crippen molar-refractivity contribution in [1.29, 1.82) is 0 Å². The first-order valence-corrected chi connectivity index (χ1v) is 7.70. The van der Waals surface area contributed by atoms with Crippen LogP contribution in [0.3, 0.4) is 0 Å². The molecule has 0 aromatic heterocycles. The summed E-state index contributed by atoms with van der Waals surface area (Å²) in [7, 11) is 1.63. The van der Waals surface area contributed by atoms with E-state index in [1.807, 2.05) is 12.1 Å². The standard InChI is InChI=1S/C14H19Br2NO2/c1-4-5-17-8-10(2)9-19-14-7-11(15)13(18-3)6-12(14)16/h6-7,17H,2,4-5,8-9H2,1,3H3. The summed E-state index contributed by atoms with van der Waals surface area (Å²) >= 11 is 6.90. The van der Waals surface area contributed by atoms with Crippen molar-refractivity contribution < 1.29 is 9.47 Å². The summed E-state index contributed by atoms with van der Waals surface area (Å²) in [4.78, 5) is 0. The molecule has 1 rings (SSSR count). The molecule has 106 valence electrons. The lowest BCUT2D eigenvalue weighted by Crippen LogP contribution is -2.20. The minimum Gasteiger partial charge on any atom is -0.496 e. The fourth-order valence-corrected chi connectivity index (χ4v) is 2.37. The van der Waals surface area contributed by atoms with E-state index < -0.39 is 0 Å². The van der Waals surface area contributed by atoms with Crippen LogP contribution in [0.4, 0.5) is 0 Å². The van der Waals surface area contributed by atoms with Crippen LogP contribution in [-0.4, -0.2) is 26.8 Å². The van der Waals surface area contributed by atoms with Gasteiger partial charge in [0.25, 0.3) is 0 Å². The number of hydrogen-bond donors (Lipinski definition) is 1. The Hall–Kier alpha value is -0.520. The molecule has 0 saturated carbocycles. The molecule has 0 aliphatic carbocycles. The maximum Gasteiger partial charge on any atom is 0.135 e. The molecule has 0 unspecified atom stereocenters. The molecule has 0 heterocycles. The zero-order chi connectivity index (χ0) is 14.3. The maximum absolute atomic E-state index is 5.74. The van der Waals surface area contributed by atoms with E-state index >= 15 is 0 Å². The third-order valence-electron chi connectivity index (χ3n) is 2.44. The summed E-state index contributed by atoms with van der Waals surface area (Å²) in [5, 5.41) is 3.29. The SMILES string of the molecule is C=C(CNCCC)COc1cc(Br)c(OC)cc1Br. The van der Waals surface area contributed by atoms with Crippen LogP contribution in [0.1, 0.15) is 13.3 Å². The quantitative estimate of drug-likeness (QED) is 0.532. The van der Waals surface area contributed by atoms with E-state index in [-0.39, 0.29) is 0 Å². The Bertz CT molecular complexity index is 436. The molecule has 0 radical (unpaired) electrons. The number of rotatable bonds is 8. The summed E-state index contributed by atoms with van der Waals surface area (Å²) in [6, 6.07) is 3.76. The Morgan fingerprint density at radius 2 is 1.89 bits per heavy atom. The molecular formula is C14H19Br2NO2. The van der Waals surface area contributed by atoms with Crippen LogP contribution < -0.4 is 14.8 Å². The van der Waals surface area contributed by atoms with Gasteiger partial charge < -0.3 is 14.8 Å². The Labute approximate surface area is 131 Å². The molecule has 19 heavy (non-hydrogen) atoms. The molecule has 3 nitrogen and oxygen atoms in total. The topological polar surface area (TPSA) is 30.5 Å². The first-order valence-electron chi connectivity index (χ1n) is 6.11. The van der Waals surface area contributed by atoms with Crippen molar-refractivity contribution in [3.05, 3.63) is 33.2 Å². The molecule has 0 amide bonds. The van der Waals surface area contributed by atoms with Gasteiger partial charge in [0, 0.05) is 6.54 Å². The van der Waals surface area contributed by atoms with Crippen LogP contribution in [0.15, 0.2) is 33.2 Å². The van der Waals surface area contributed by atoms with E-state index in [0.717, 1.165) is 45.5 Å². The van der Waals surface area contributed by atoms with Gasteiger partial charge in [0.05, 0.1) is 16.1 Å². The fraction of sp³-hybridized carbons (Fsp3) is 0.429. The Morgan fingerprint density at radius 1 is 1.26 bits per heavy atom. The number of ether oxygens (including phenoxy) is 2. The first-order chi connectivity index (χ1) is 9.08. The van der Waals surface area contributed by atoms with Crippen LogP contribution >= 0.6 is 31.9 Å². The molecule has 0 aliphatic rings. The molecule has 0 aliphatic heterocycles. The molecule has 0 bridgehead atoms. The van der Waals surface area contributed by atoms with Crippen molar-refractivity contribution >= 4 is 31.9 Å². The number of nitrogens with one attached hydrogen (secondary N) is 1. The minimum atomic E-state index is 0.494. The predicted molar refractivity (Wildman–Crippen MR) is 86.2 cm³/mol. The normalized spacial score (nSPS) is 10.3. The number of hydrogen-bond acceptors (Lipinski definition) is 3. The predicted octanol–water partition coefficient (Wildman–Crippen LogP) is 4.15. The molecule has 0 saturated heterocycles. The van der Waals surface area contributed by atoms with Crippen molar-refractivity contribution in [2.24, 2.45) is 0 Å². The third kappa shape index (κ3) is 5.55. The Morgan fingerprint density at radius 3 is 2.53 bits per heavy atom. The highest BCUT2D eigenvalue weighted by Gasteiger charge is 2.08. The maximum atomic E-state index is 5.74. The van der Waals surface area contributed by atoms with Gasteiger partial charge in [-0.2, -0.15) is 0 Å². The van der Waals surface area contributed by atoms with Crippen molar-refractivity contribution in [3.8, 4) is 11.5 Å². The van der Waals surface area contributed by atoms with E-state index in [9.17, 15) is 0 Å². The van der Waals surface area contributed by atoms with Crippen molar-refractivity contribution in [3.63, 3.8) is 0 Å². The monoisotopic (exact) mass is 391 g/mol. The molecule has 1 aromatic rings. The van der Waals surface area contributed by atoms with Crippen LogP contribution in [0.2, 0.25) is 0 Å². The van der Waals surface area contributed by atoms with E-state index in [1.54, 1.807) is 7.11 Å². The van der Waals surface area contributed by atoms with Crippen molar-refractivity contribution in [1.82, 2.24) is 5.32 Å². The van der Waals surface area contributed by atoms with E-state index in [2.05, 4.69) is 50.7 Å². The van der Waals surface area contributed by atoms with Gasteiger partial charge in [0.2, 0.25) is 0 Å². The van der Waals surface area contributed by atoms with Gasteiger partial charge in [-0.05, 0) is 62.5 Å². The second-order valence-electron chi connectivity index (χ2n) is 4.13. The van der Waals surface area contributed by atoms with Gasteiger partial charge >= 0.3 is 0 Å². The molecule has 5 heteroatoms. The highest BCUT2D eigenvalue weighted by atomic mass is 79.9. The lowest BCUT2D eigenvalue weighted by atomic mass is 10.3. The second kappa shape index (κ2) is 8.61. The lowest BCUT2D eigenvalue weighted by molar-refractivity contribution is 0.344. The summed E-state index contributed by atoms with van der Waals surface area (Å²) in [6.07, 6.45) is 1.12.